The van der Waals surface area contributed by atoms with E-state index in [2.05, 4.69) is 20.0 Å². The van der Waals surface area contributed by atoms with E-state index in [4.69, 9.17) is 0 Å². The zero-order valence-corrected chi connectivity index (χ0v) is 18.0. The van der Waals surface area contributed by atoms with E-state index in [9.17, 15) is 31.1 Å². The van der Waals surface area contributed by atoms with E-state index in [1.54, 1.807) is 0 Å². The molecule has 4 rings (SSSR count). The number of hydrogen-bond acceptors (Lipinski definition) is 5. The smallest absolute Gasteiger partial charge is 0.406 e. The molecule has 12 heteroatoms. The third-order valence-corrected chi connectivity index (χ3v) is 5.25. The summed E-state index contributed by atoms with van der Waals surface area (Å²) in [5.41, 5.74) is 0.0820. The Hall–Kier alpha value is -3.83. The number of benzene rings is 1. The van der Waals surface area contributed by atoms with Crippen LogP contribution in [0.3, 0.4) is 0 Å². The van der Waals surface area contributed by atoms with E-state index >= 15 is 0 Å². The molecule has 1 aliphatic rings. The Bertz CT molecular complexity index is 1190. The highest BCUT2D eigenvalue weighted by Gasteiger charge is 2.32. The molecule has 0 saturated carbocycles. The van der Waals surface area contributed by atoms with Gasteiger partial charge < -0.3 is 15.0 Å². The Morgan fingerprint density at radius 2 is 1.60 bits per heavy atom. The molecule has 3 aromatic rings. The molecule has 1 aliphatic heterocycles. The van der Waals surface area contributed by atoms with Crippen molar-refractivity contribution in [2.24, 2.45) is 0 Å². The molecule has 0 radical (unpaired) electrons. The molecular weight excluding hydrogens is 478 g/mol. The van der Waals surface area contributed by atoms with Gasteiger partial charge in [0.1, 0.15) is 17.3 Å². The van der Waals surface area contributed by atoms with Gasteiger partial charge in [-0.3, -0.25) is 9.78 Å². The van der Waals surface area contributed by atoms with Gasteiger partial charge in [0.05, 0.1) is 5.56 Å². The van der Waals surface area contributed by atoms with Gasteiger partial charge in [-0.25, -0.2) is 4.98 Å². The number of aromatic nitrogens is 2. The number of anilines is 2. The van der Waals surface area contributed by atoms with Gasteiger partial charge in [0, 0.05) is 42.3 Å². The maximum absolute atomic E-state index is 12.9. The van der Waals surface area contributed by atoms with Crippen LogP contribution in [0.2, 0.25) is 0 Å². The maximum atomic E-state index is 12.9. The van der Waals surface area contributed by atoms with E-state index in [0.29, 0.717) is 30.0 Å². The predicted molar refractivity (Wildman–Crippen MR) is 115 cm³/mol. The number of hydrogen-bond donors (Lipinski definition) is 1. The fraction of sp³-hybridized carbons (Fsp3) is 0.261. The van der Waals surface area contributed by atoms with Crippen molar-refractivity contribution in [2.45, 2.75) is 25.4 Å². The number of amides is 1. The molecule has 35 heavy (non-hydrogen) atoms. The minimum atomic E-state index is -4.84. The minimum absolute atomic E-state index is 0.110. The van der Waals surface area contributed by atoms with E-state index in [1.807, 2.05) is 4.90 Å². The maximum Gasteiger partial charge on any atom is 0.573 e. The van der Waals surface area contributed by atoms with Crippen molar-refractivity contribution in [3.8, 4) is 16.9 Å². The van der Waals surface area contributed by atoms with Gasteiger partial charge in [-0.05, 0) is 49.2 Å². The van der Waals surface area contributed by atoms with E-state index < -0.39 is 29.9 Å². The summed E-state index contributed by atoms with van der Waals surface area (Å²) in [5.74, 6) is -0.519. The lowest BCUT2D eigenvalue weighted by Gasteiger charge is -2.21. The van der Waals surface area contributed by atoms with Gasteiger partial charge in [0.25, 0.3) is 5.91 Å². The van der Waals surface area contributed by atoms with Crippen LogP contribution >= 0.6 is 0 Å². The van der Waals surface area contributed by atoms with E-state index in [1.165, 1.54) is 30.5 Å². The zero-order chi connectivity index (χ0) is 25.2. The molecule has 0 unspecified atom stereocenters. The first-order valence-corrected chi connectivity index (χ1v) is 10.5. The number of alkyl halides is 6. The number of nitrogens with zero attached hydrogens (tertiary/aromatic N) is 3. The zero-order valence-electron chi connectivity index (χ0n) is 18.0. The number of nitrogens with one attached hydrogen (secondary N) is 1. The average molecular weight is 496 g/mol. The Morgan fingerprint density at radius 1 is 0.914 bits per heavy atom. The molecule has 1 amide bonds. The van der Waals surface area contributed by atoms with Gasteiger partial charge in [-0.2, -0.15) is 13.2 Å². The predicted octanol–water partition coefficient (Wildman–Crippen LogP) is 5.91. The van der Waals surface area contributed by atoms with Crippen LogP contribution in [0.4, 0.5) is 37.8 Å². The molecular formula is C23H18F6N4O2. The van der Waals surface area contributed by atoms with Gasteiger partial charge in [-0.1, -0.05) is 6.07 Å². The average Bonchev–Trinajstić information content (AvgIpc) is 3.33. The largest absolute Gasteiger partial charge is 0.573 e. The summed E-state index contributed by atoms with van der Waals surface area (Å²) in [6.07, 6.45) is -5.13. The van der Waals surface area contributed by atoms with Crippen molar-refractivity contribution in [2.75, 3.05) is 23.3 Å². The lowest BCUT2D eigenvalue weighted by Crippen LogP contribution is -2.21. The number of ether oxygens (including phenoxy) is 1. The van der Waals surface area contributed by atoms with E-state index in [0.717, 1.165) is 37.2 Å². The molecule has 2 aromatic heterocycles. The van der Waals surface area contributed by atoms with Crippen molar-refractivity contribution < 1.29 is 35.9 Å². The minimum Gasteiger partial charge on any atom is -0.406 e. The summed E-state index contributed by atoms with van der Waals surface area (Å²) in [6.45, 7) is 1.43. The molecule has 0 atom stereocenters. The van der Waals surface area contributed by atoms with Gasteiger partial charge in [-0.15, -0.1) is 13.2 Å². The molecule has 1 N–H and O–H groups in total. The first kappa shape index (κ1) is 24.3. The quantitative estimate of drug-likeness (QED) is 0.445. The second-order valence-electron chi connectivity index (χ2n) is 7.75. The van der Waals surface area contributed by atoms with Crippen LogP contribution in [0, 0.1) is 0 Å². The van der Waals surface area contributed by atoms with Crippen LogP contribution in [0.25, 0.3) is 11.1 Å². The molecule has 6 nitrogen and oxygen atoms in total. The van der Waals surface area contributed by atoms with Crippen molar-refractivity contribution in [3.05, 3.63) is 66.1 Å². The second kappa shape index (κ2) is 9.43. The van der Waals surface area contributed by atoms with Crippen molar-refractivity contribution in [1.29, 1.82) is 0 Å². The standard InChI is InChI=1S/C23H18F6N4O2/c24-22(25,26)19-8-3-14(12-30-19)18-11-15(13-31-20(18)33-9-1-2-10-33)21(34)32-16-4-6-17(7-5-16)35-23(27,28)29/h3-8,11-13H,1-2,9-10H2,(H,32,34). The summed E-state index contributed by atoms with van der Waals surface area (Å²) in [5, 5.41) is 2.55. The fourth-order valence-corrected chi connectivity index (χ4v) is 3.64. The highest BCUT2D eigenvalue weighted by Crippen LogP contribution is 2.34. The lowest BCUT2D eigenvalue weighted by molar-refractivity contribution is -0.274. The van der Waals surface area contributed by atoms with Crippen LogP contribution in [0.5, 0.6) is 5.75 Å². The van der Waals surface area contributed by atoms with Crippen LogP contribution in [0.15, 0.2) is 54.9 Å². The van der Waals surface area contributed by atoms with Gasteiger partial charge >= 0.3 is 12.5 Å². The molecule has 0 aliphatic carbocycles. The van der Waals surface area contributed by atoms with Crippen molar-refractivity contribution in [3.63, 3.8) is 0 Å². The second-order valence-corrected chi connectivity index (χ2v) is 7.75. The molecule has 1 saturated heterocycles. The highest BCUT2D eigenvalue weighted by molar-refractivity contribution is 6.05. The summed E-state index contributed by atoms with van der Waals surface area (Å²) in [6, 6.07) is 8.22. The molecule has 184 valence electrons. The van der Waals surface area contributed by atoms with E-state index in [-0.39, 0.29) is 11.3 Å². The fourth-order valence-electron chi connectivity index (χ4n) is 3.64. The third kappa shape index (κ3) is 6.00. The highest BCUT2D eigenvalue weighted by atomic mass is 19.4. The molecule has 0 bridgehead atoms. The van der Waals surface area contributed by atoms with Crippen LogP contribution in [-0.4, -0.2) is 35.3 Å². The van der Waals surface area contributed by atoms with Crippen LogP contribution in [0.1, 0.15) is 28.9 Å². The Kier molecular flexibility index (Phi) is 6.55. The Morgan fingerprint density at radius 3 is 2.17 bits per heavy atom. The summed E-state index contributed by atoms with van der Waals surface area (Å²) in [7, 11) is 0. The first-order valence-electron chi connectivity index (χ1n) is 10.5. The Labute approximate surface area is 195 Å². The monoisotopic (exact) mass is 496 g/mol. The topological polar surface area (TPSA) is 67.3 Å². The van der Waals surface area contributed by atoms with Gasteiger partial charge in [0.2, 0.25) is 0 Å². The summed E-state index contributed by atoms with van der Waals surface area (Å²) in [4.78, 5) is 22.7. The van der Waals surface area contributed by atoms with Gasteiger partial charge in [0.15, 0.2) is 0 Å². The molecule has 3 heterocycles. The summed E-state index contributed by atoms with van der Waals surface area (Å²) >= 11 is 0. The number of pyridine rings is 2. The van der Waals surface area contributed by atoms with Crippen LogP contribution < -0.4 is 15.0 Å². The first-order chi connectivity index (χ1) is 16.5. The van der Waals surface area contributed by atoms with Crippen molar-refractivity contribution in [1.82, 2.24) is 9.97 Å². The van der Waals surface area contributed by atoms with Crippen LogP contribution in [-0.2, 0) is 6.18 Å². The third-order valence-electron chi connectivity index (χ3n) is 5.25. The number of rotatable bonds is 5. The lowest BCUT2D eigenvalue weighted by atomic mass is 10.0. The Balaban J connectivity index is 1.60. The summed E-state index contributed by atoms with van der Waals surface area (Å²) < 4.78 is 79.5. The molecule has 0 spiro atoms. The number of halogens is 6. The number of carbonyl (C=O) groups excluding carboxylic acids is 1. The molecule has 1 fully saturated rings. The van der Waals surface area contributed by atoms with Crippen molar-refractivity contribution >= 4 is 17.4 Å². The normalized spacial score (nSPS) is 14.2. The SMILES string of the molecule is O=C(Nc1ccc(OC(F)(F)F)cc1)c1cnc(N2CCCC2)c(-c2ccc(C(F)(F)F)nc2)c1. The number of carbonyl (C=O) groups is 1. The molecule has 1 aromatic carbocycles.